The second-order valence-electron chi connectivity index (χ2n) is 4.44. The second-order valence-corrected chi connectivity index (χ2v) is 6.70. The smallest absolute Gasteiger partial charge is 0.326 e. The van der Waals surface area contributed by atoms with Crippen molar-refractivity contribution in [1.29, 1.82) is 0 Å². The summed E-state index contributed by atoms with van der Waals surface area (Å²) < 4.78 is 34.8. The average molecular weight is 319 g/mol. The number of carboxylic acids is 1. The van der Waals surface area contributed by atoms with Gasteiger partial charge >= 0.3 is 5.97 Å². The summed E-state index contributed by atoms with van der Waals surface area (Å²) in [6.45, 7) is 0. The van der Waals surface area contributed by atoms with Crippen LogP contribution >= 0.6 is 0 Å². The van der Waals surface area contributed by atoms with Crippen LogP contribution in [0.5, 0.6) is 5.75 Å². The monoisotopic (exact) mass is 319 g/mol. The molecule has 0 saturated heterocycles. The normalized spacial score (nSPS) is 12.7. The fourth-order valence-corrected chi connectivity index (χ4v) is 2.19. The molecule has 0 bridgehead atoms. The van der Waals surface area contributed by atoms with Crippen LogP contribution < -0.4 is 5.32 Å². The van der Waals surface area contributed by atoms with E-state index >= 15 is 0 Å². The van der Waals surface area contributed by atoms with Gasteiger partial charge in [-0.25, -0.2) is 17.6 Å². The average Bonchev–Trinajstić information content (AvgIpc) is 2.32. The minimum absolute atomic E-state index is 0.304. The van der Waals surface area contributed by atoms with Gasteiger partial charge in [0.15, 0.2) is 0 Å². The number of rotatable bonds is 6. The number of aliphatic carboxylic acids is 1. The first-order chi connectivity index (χ1) is 9.60. The fourth-order valence-electron chi connectivity index (χ4n) is 1.52. The van der Waals surface area contributed by atoms with Crippen LogP contribution in [0.2, 0.25) is 0 Å². The summed E-state index contributed by atoms with van der Waals surface area (Å²) in [5.74, 6) is -4.16. The minimum atomic E-state index is -3.38. The Morgan fingerprint density at radius 2 is 2.00 bits per heavy atom. The molecule has 0 radical (unpaired) electrons. The van der Waals surface area contributed by atoms with Gasteiger partial charge < -0.3 is 15.5 Å². The first-order valence-corrected chi connectivity index (χ1v) is 7.86. The highest BCUT2D eigenvalue weighted by molar-refractivity contribution is 7.90. The molecule has 0 saturated carbocycles. The van der Waals surface area contributed by atoms with Gasteiger partial charge in [-0.3, -0.25) is 4.79 Å². The summed E-state index contributed by atoms with van der Waals surface area (Å²) in [5, 5.41) is 20.5. The minimum Gasteiger partial charge on any atom is -0.507 e. The number of benzene rings is 1. The van der Waals surface area contributed by atoms with Crippen molar-refractivity contribution in [3.05, 3.63) is 29.6 Å². The predicted octanol–water partition coefficient (Wildman–Crippen LogP) is 0.149. The number of phenols is 1. The molecule has 1 amide bonds. The van der Waals surface area contributed by atoms with Crippen LogP contribution in [0.4, 0.5) is 4.39 Å². The molecule has 0 aliphatic heterocycles. The lowest BCUT2D eigenvalue weighted by atomic mass is 10.1. The summed E-state index contributed by atoms with van der Waals surface area (Å²) in [5.41, 5.74) is -0.304. The lowest BCUT2D eigenvalue weighted by molar-refractivity contribution is -0.139. The molecule has 3 N–H and O–H groups in total. The third kappa shape index (κ3) is 5.38. The first-order valence-electron chi connectivity index (χ1n) is 5.80. The second kappa shape index (κ2) is 6.53. The molecule has 1 unspecified atom stereocenters. The van der Waals surface area contributed by atoms with Crippen molar-refractivity contribution in [2.24, 2.45) is 0 Å². The summed E-state index contributed by atoms with van der Waals surface area (Å²) in [4.78, 5) is 22.8. The quantitative estimate of drug-likeness (QED) is 0.686. The van der Waals surface area contributed by atoms with Crippen molar-refractivity contribution in [2.45, 2.75) is 12.5 Å². The van der Waals surface area contributed by atoms with Crippen molar-refractivity contribution in [3.63, 3.8) is 0 Å². The molecule has 0 aliphatic rings. The van der Waals surface area contributed by atoms with Gasteiger partial charge in [0.2, 0.25) is 0 Å². The molecule has 0 heterocycles. The number of nitrogens with one attached hydrogen (secondary N) is 1. The van der Waals surface area contributed by atoms with E-state index in [9.17, 15) is 27.5 Å². The number of sulfone groups is 1. The summed E-state index contributed by atoms with van der Waals surface area (Å²) in [6.07, 6.45) is 0.626. The Bertz CT molecular complexity index is 658. The molecule has 7 nitrogen and oxygen atoms in total. The Balaban J connectivity index is 2.84. The molecule has 1 rings (SSSR count). The highest BCUT2D eigenvalue weighted by Gasteiger charge is 2.23. The van der Waals surface area contributed by atoms with Crippen LogP contribution in [0, 0.1) is 5.82 Å². The van der Waals surface area contributed by atoms with Gasteiger partial charge in [0.05, 0.1) is 11.3 Å². The molecule has 1 atom stereocenters. The van der Waals surface area contributed by atoms with Crippen molar-refractivity contribution < 1.29 is 32.6 Å². The molecule has 1 aromatic carbocycles. The maximum Gasteiger partial charge on any atom is 0.326 e. The third-order valence-electron chi connectivity index (χ3n) is 2.59. The molecule has 21 heavy (non-hydrogen) atoms. The van der Waals surface area contributed by atoms with Crippen LogP contribution in [-0.4, -0.2) is 48.6 Å². The summed E-state index contributed by atoms with van der Waals surface area (Å²) in [7, 11) is -3.38. The van der Waals surface area contributed by atoms with Gasteiger partial charge in [0.25, 0.3) is 5.91 Å². The maximum atomic E-state index is 12.8. The van der Waals surface area contributed by atoms with E-state index in [0.717, 1.165) is 18.4 Å². The molecule has 9 heteroatoms. The SMILES string of the molecule is CS(=O)(=O)CCC(NC(=O)c1ccc(F)cc1O)C(=O)O. The van der Waals surface area contributed by atoms with Gasteiger partial charge in [-0.2, -0.15) is 0 Å². The topological polar surface area (TPSA) is 121 Å². The van der Waals surface area contributed by atoms with E-state index < -0.39 is 45.1 Å². The highest BCUT2D eigenvalue weighted by Crippen LogP contribution is 2.18. The Morgan fingerprint density at radius 3 is 2.48 bits per heavy atom. The van der Waals surface area contributed by atoms with E-state index in [4.69, 9.17) is 5.11 Å². The fraction of sp³-hybridized carbons (Fsp3) is 0.333. The number of hydrogen-bond donors (Lipinski definition) is 3. The van der Waals surface area contributed by atoms with E-state index in [1.165, 1.54) is 0 Å². The number of hydrogen-bond acceptors (Lipinski definition) is 5. The van der Waals surface area contributed by atoms with Gasteiger partial charge in [0, 0.05) is 12.3 Å². The molecule has 116 valence electrons. The van der Waals surface area contributed by atoms with Crippen LogP contribution in [-0.2, 0) is 14.6 Å². The van der Waals surface area contributed by atoms with Gasteiger partial charge in [-0.1, -0.05) is 0 Å². The standard InChI is InChI=1S/C12H14FNO6S/c1-21(19,20)5-4-9(12(17)18)14-11(16)8-3-2-7(13)6-10(8)15/h2-3,6,9,15H,4-5H2,1H3,(H,14,16)(H,17,18). The molecule has 1 aromatic rings. The van der Waals surface area contributed by atoms with E-state index in [1.807, 2.05) is 0 Å². The zero-order valence-corrected chi connectivity index (χ0v) is 11.9. The number of phenolic OH excluding ortho intramolecular Hbond substituents is 1. The van der Waals surface area contributed by atoms with Crippen LogP contribution in [0.15, 0.2) is 18.2 Å². The number of aromatic hydroxyl groups is 1. The highest BCUT2D eigenvalue weighted by atomic mass is 32.2. The van der Waals surface area contributed by atoms with Crippen LogP contribution in [0.1, 0.15) is 16.8 Å². The summed E-state index contributed by atoms with van der Waals surface area (Å²) in [6, 6.07) is 1.20. The molecule has 0 aliphatic carbocycles. The van der Waals surface area contributed by atoms with Crippen LogP contribution in [0.3, 0.4) is 0 Å². The van der Waals surface area contributed by atoms with E-state index in [0.29, 0.717) is 6.07 Å². The van der Waals surface area contributed by atoms with Crippen molar-refractivity contribution in [2.75, 3.05) is 12.0 Å². The van der Waals surface area contributed by atoms with Gasteiger partial charge in [-0.15, -0.1) is 0 Å². The van der Waals surface area contributed by atoms with Crippen LogP contribution in [0.25, 0.3) is 0 Å². The third-order valence-corrected chi connectivity index (χ3v) is 3.56. The Hall–Kier alpha value is -2.16. The van der Waals surface area contributed by atoms with Gasteiger partial charge in [-0.05, 0) is 18.6 Å². The van der Waals surface area contributed by atoms with E-state index in [-0.39, 0.29) is 12.0 Å². The molecule has 0 aromatic heterocycles. The van der Waals surface area contributed by atoms with Crippen molar-refractivity contribution in [3.8, 4) is 5.75 Å². The number of carboxylic acid groups (broad SMARTS) is 1. The Morgan fingerprint density at radius 1 is 1.38 bits per heavy atom. The number of halogens is 1. The molecular formula is C12H14FNO6S. The van der Waals surface area contributed by atoms with E-state index in [2.05, 4.69) is 5.32 Å². The summed E-state index contributed by atoms with van der Waals surface area (Å²) >= 11 is 0. The molecular weight excluding hydrogens is 305 g/mol. The number of carbonyl (C=O) groups is 2. The zero-order chi connectivity index (χ0) is 16.2. The molecule has 0 spiro atoms. The Labute approximate surface area is 120 Å². The first kappa shape index (κ1) is 16.9. The molecule has 0 fully saturated rings. The van der Waals surface area contributed by atoms with E-state index in [1.54, 1.807) is 0 Å². The zero-order valence-electron chi connectivity index (χ0n) is 11.0. The Kier molecular flexibility index (Phi) is 5.25. The van der Waals surface area contributed by atoms with Crippen molar-refractivity contribution >= 4 is 21.7 Å². The maximum absolute atomic E-state index is 12.8. The predicted molar refractivity (Wildman–Crippen MR) is 71.3 cm³/mol. The largest absolute Gasteiger partial charge is 0.507 e. The lowest BCUT2D eigenvalue weighted by Gasteiger charge is -2.14. The van der Waals surface area contributed by atoms with Gasteiger partial charge in [0.1, 0.15) is 27.4 Å². The number of amides is 1. The van der Waals surface area contributed by atoms with Crippen molar-refractivity contribution in [1.82, 2.24) is 5.32 Å². The number of carbonyl (C=O) groups excluding carboxylic acids is 1. The lowest BCUT2D eigenvalue weighted by Crippen LogP contribution is -2.41.